The SMILES string of the molecule is O=[N+]([O-])C1C=CC=C(c2ccccc2)C1(F)Br. The molecule has 0 heterocycles. The Morgan fingerprint density at radius 2 is 2.00 bits per heavy atom. The topological polar surface area (TPSA) is 43.1 Å². The minimum atomic E-state index is -2.17. The van der Waals surface area contributed by atoms with Gasteiger partial charge in [-0.2, -0.15) is 0 Å². The molecule has 1 aromatic carbocycles. The van der Waals surface area contributed by atoms with Gasteiger partial charge in [0.15, 0.2) is 0 Å². The summed E-state index contributed by atoms with van der Waals surface area (Å²) in [6.07, 6.45) is 4.29. The average Bonchev–Trinajstić information content (AvgIpc) is 2.28. The average molecular weight is 298 g/mol. The Hall–Kier alpha value is -1.49. The molecular weight excluding hydrogens is 289 g/mol. The van der Waals surface area contributed by atoms with E-state index in [9.17, 15) is 14.5 Å². The van der Waals surface area contributed by atoms with Crippen LogP contribution in [0.1, 0.15) is 5.56 Å². The van der Waals surface area contributed by atoms with Crippen molar-refractivity contribution < 1.29 is 9.31 Å². The zero-order valence-electron chi connectivity index (χ0n) is 8.72. The van der Waals surface area contributed by atoms with Crippen molar-refractivity contribution >= 4 is 21.5 Å². The second-order valence-corrected chi connectivity index (χ2v) is 4.84. The van der Waals surface area contributed by atoms with Crippen LogP contribution < -0.4 is 0 Å². The Morgan fingerprint density at radius 3 is 2.59 bits per heavy atom. The quantitative estimate of drug-likeness (QED) is 0.477. The molecule has 2 atom stereocenters. The third kappa shape index (κ3) is 2.15. The van der Waals surface area contributed by atoms with Crippen molar-refractivity contribution in [3.05, 3.63) is 64.2 Å². The van der Waals surface area contributed by atoms with Gasteiger partial charge in [-0.1, -0.05) is 42.5 Å². The van der Waals surface area contributed by atoms with Crippen molar-refractivity contribution in [2.24, 2.45) is 0 Å². The summed E-state index contributed by atoms with van der Waals surface area (Å²) in [5.74, 6) is 0. The van der Waals surface area contributed by atoms with Crippen LogP contribution in [-0.4, -0.2) is 15.5 Å². The van der Waals surface area contributed by atoms with E-state index in [4.69, 9.17) is 0 Å². The molecule has 0 aliphatic heterocycles. The van der Waals surface area contributed by atoms with Gasteiger partial charge in [-0.3, -0.25) is 10.1 Å². The molecule has 3 nitrogen and oxygen atoms in total. The summed E-state index contributed by atoms with van der Waals surface area (Å²) < 4.78 is 12.3. The first-order valence-corrected chi connectivity index (χ1v) is 5.78. The highest BCUT2D eigenvalue weighted by atomic mass is 79.9. The highest BCUT2D eigenvalue weighted by Crippen LogP contribution is 2.42. The van der Waals surface area contributed by atoms with Crippen LogP contribution >= 0.6 is 15.9 Å². The first-order valence-electron chi connectivity index (χ1n) is 4.99. The van der Waals surface area contributed by atoms with Crippen molar-refractivity contribution in [2.75, 3.05) is 0 Å². The number of alkyl halides is 2. The molecule has 0 bridgehead atoms. The number of halogens is 2. The first-order chi connectivity index (χ1) is 8.03. The lowest BCUT2D eigenvalue weighted by molar-refractivity contribution is -0.517. The molecule has 1 aliphatic carbocycles. The van der Waals surface area contributed by atoms with Crippen LogP contribution in [0.2, 0.25) is 0 Å². The number of benzene rings is 1. The van der Waals surface area contributed by atoms with E-state index in [2.05, 4.69) is 15.9 Å². The van der Waals surface area contributed by atoms with E-state index in [1.807, 2.05) is 6.07 Å². The lowest BCUT2D eigenvalue weighted by Gasteiger charge is -2.25. The van der Waals surface area contributed by atoms with Crippen LogP contribution in [0.5, 0.6) is 0 Å². The Morgan fingerprint density at radius 1 is 1.35 bits per heavy atom. The fourth-order valence-corrected chi connectivity index (χ4v) is 2.44. The summed E-state index contributed by atoms with van der Waals surface area (Å²) in [6, 6.07) is 7.36. The summed E-state index contributed by atoms with van der Waals surface area (Å²) in [4.78, 5) is 10.2. The van der Waals surface area contributed by atoms with Crippen molar-refractivity contribution in [1.82, 2.24) is 0 Å². The molecule has 1 aromatic rings. The smallest absolute Gasteiger partial charge is 0.264 e. The second kappa shape index (κ2) is 4.41. The number of hydrogen-bond donors (Lipinski definition) is 0. The molecule has 0 saturated heterocycles. The zero-order chi connectivity index (χ0) is 12.5. The van der Waals surface area contributed by atoms with Crippen LogP contribution in [0.25, 0.3) is 5.57 Å². The van der Waals surface area contributed by atoms with Gasteiger partial charge in [-0.25, -0.2) is 4.39 Å². The normalized spacial score (nSPS) is 27.6. The molecule has 0 fully saturated rings. The van der Waals surface area contributed by atoms with Crippen LogP contribution in [-0.2, 0) is 0 Å². The molecule has 88 valence electrons. The maximum atomic E-state index is 14.5. The minimum absolute atomic E-state index is 0.266. The Labute approximate surface area is 106 Å². The maximum absolute atomic E-state index is 14.5. The largest absolute Gasteiger partial charge is 0.279 e. The predicted molar refractivity (Wildman–Crippen MR) is 67.1 cm³/mol. The molecule has 0 spiro atoms. The Kier molecular flexibility index (Phi) is 3.11. The summed E-state index contributed by atoms with van der Waals surface area (Å²) in [6.45, 7) is 0. The van der Waals surface area contributed by atoms with Crippen molar-refractivity contribution in [2.45, 2.75) is 10.6 Å². The van der Waals surface area contributed by atoms with Crippen molar-refractivity contribution in [3.8, 4) is 0 Å². The summed E-state index contributed by atoms with van der Waals surface area (Å²) in [5, 5.41) is 10.8. The third-order valence-electron chi connectivity index (χ3n) is 2.60. The molecular formula is C12H9BrFNO2. The predicted octanol–water partition coefficient (Wildman–Crippen LogP) is 3.35. The van der Waals surface area contributed by atoms with Gasteiger partial charge >= 0.3 is 0 Å². The lowest BCUT2D eigenvalue weighted by Crippen LogP contribution is -2.39. The molecule has 0 amide bonds. The van der Waals surface area contributed by atoms with E-state index in [1.165, 1.54) is 12.2 Å². The van der Waals surface area contributed by atoms with Gasteiger partial charge < -0.3 is 0 Å². The van der Waals surface area contributed by atoms with Gasteiger partial charge in [0.25, 0.3) is 10.6 Å². The molecule has 0 radical (unpaired) electrons. The zero-order valence-corrected chi connectivity index (χ0v) is 10.3. The van der Waals surface area contributed by atoms with Crippen LogP contribution in [0.3, 0.4) is 0 Å². The van der Waals surface area contributed by atoms with E-state index in [0.717, 1.165) is 0 Å². The molecule has 1 aliphatic rings. The molecule has 5 heteroatoms. The maximum Gasteiger partial charge on any atom is 0.279 e. The second-order valence-electron chi connectivity index (χ2n) is 3.68. The van der Waals surface area contributed by atoms with Gasteiger partial charge in [0.1, 0.15) is 0 Å². The van der Waals surface area contributed by atoms with Gasteiger partial charge in [0, 0.05) is 10.5 Å². The number of nitrogens with zero attached hydrogens (tertiary/aromatic N) is 1. The lowest BCUT2D eigenvalue weighted by atomic mass is 9.92. The molecule has 0 saturated carbocycles. The van der Waals surface area contributed by atoms with Crippen LogP contribution in [0, 0.1) is 10.1 Å². The van der Waals surface area contributed by atoms with Gasteiger partial charge in [0.05, 0.1) is 0 Å². The third-order valence-corrected chi connectivity index (χ3v) is 3.50. The van der Waals surface area contributed by atoms with E-state index >= 15 is 0 Å². The fraction of sp³-hybridized carbons (Fsp3) is 0.167. The number of hydrogen-bond acceptors (Lipinski definition) is 2. The van der Waals surface area contributed by atoms with E-state index in [1.54, 1.807) is 30.3 Å². The molecule has 0 aromatic heterocycles. The molecule has 0 N–H and O–H groups in total. The molecule has 2 unspecified atom stereocenters. The summed E-state index contributed by atoms with van der Waals surface area (Å²) in [5.41, 5.74) is 0.894. The summed E-state index contributed by atoms with van der Waals surface area (Å²) in [7, 11) is 0. The summed E-state index contributed by atoms with van der Waals surface area (Å²) >= 11 is 2.83. The standard InChI is InChI=1S/C12H9BrFNO2/c13-12(14)10(9-5-2-1-3-6-9)7-4-8-11(12)15(16)17/h1-8,11H. The first kappa shape index (κ1) is 12.0. The van der Waals surface area contributed by atoms with Crippen molar-refractivity contribution in [1.29, 1.82) is 0 Å². The van der Waals surface area contributed by atoms with Crippen LogP contribution in [0.15, 0.2) is 48.6 Å². The monoisotopic (exact) mass is 297 g/mol. The Bertz CT molecular complexity index is 496. The number of rotatable bonds is 2. The Balaban J connectivity index is 2.45. The number of nitro groups is 1. The van der Waals surface area contributed by atoms with E-state index in [0.29, 0.717) is 5.56 Å². The van der Waals surface area contributed by atoms with E-state index in [-0.39, 0.29) is 5.57 Å². The van der Waals surface area contributed by atoms with E-state index < -0.39 is 15.5 Å². The fourth-order valence-electron chi connectivity index (χ4n) is 1.76. The molecule has 17 heavy (non-hydrogen) atoms. The highest BCUT2D eigenvalue weighted by molar-refractivity contribution is 9.10. The van der Waals surface area contributed by atoms with Gasteiger partial charge in [-0.05, 0) is 27.6 Å². The number of allylic oxidation sites excluding steroid dienone is 2. The highest BCUT2D eigenvalue weighted by Gasteiger charge is 2.48. The molecule has 2 rings (SSSR count). The van der Waals surface area contributed by atoms with Crippen LogP contribution in [0.4, 0.5) is 4.39 Å². The van der Waals surface area contributed by atoms with Crippen molar-refractivity contribution in [3.63, 3.8) is 0 Å². The van der Waals surface area contributed by atoms with Gasteiger partial charge in [-0.15, -0.1) is 0 Å². The van der Waals surface area contributed by atoms with Gasteiger partial charge in [0.2, 0.25) is 0 Å². The minimum Gasteiger partial charge on any atom is -0.264 e.